The zero-order valence-electron chi connectivity index (χ0n) is 15.2. The number of fused-ring (bicyclic) bond motifs is 1. The molecule has 2 unspecified atom stereocenters. The quantitative estimate of drug-likeness (QED) is 0.758. The Morgan fingerprint density at radius 3 is 2.81 bits per heavy atom. The van der Waals surface area contributed by atoms with Crippen molar-refractivity contribution in [1.29, 1.82) is 0 Å². The first-order chi connectivity index (χ1) is 12.2. The zero-order chi connectivity index (χ0) is 19.1. The number of nitrogens with one attached hydrogen (secondary N) is 1. The molecule has 1 fully saturated rings. The molecule has 2 aromatic rings. The van der Waals surface area contributed by atoms with Gasteiger partial charge in [-0.2, -0.15) is 0 Å². The van der Waals surface area contributed by atoms with Crippen molar-refractivity contribution >= 4 is 43.0 Å². The van der Waals surface area contributed by atoms with Crippen molar-refractivity contribution in [3.63, 3.8) is 0 Å². The normalized spacial score (nSPS) is 23.0. The molecule has 0 aliphatic carbocycles. The molecule has 1 aliphatic heterocycles. The zero-order valence-corrected chi connectivity index (χ0v) is 17.6. The average molecular weight is 417 g/mol. The Kier molecular flexibility index (Phi) is 5.96. The molecule has 3 rings (SSSR count). The minimum Gasteiger partial charge on any atom is -0.390 e. The van der Waals surface area contributed by atoms with E-state index in [1.807, 2.05) is 6.07 Å². The van der Waals surface area contributed by atoms with Gasteiger partial charge >= 0.3 is 0 Å². The lowest BCUT2D eigenvalue weighted by Crippen LogP contribution is -2.41. The average Bonchev–Trinajstić information content (AvgIpc) is 3.05. The Morgan fingerprint density at radius 2 is 2.15 bits per heavy atom. The third kappa shape index (κ3) is 4.24. The highest BCUT2D eigenvalue weighted by atomic mass is 35.5. The van der Waals surface area contributed by atoms with Crippen LogP contribution in [-0.2, 0) is 10.0 Å². The van der Waals surface area contributed by atoms with Crippen LogP contribution in [0.15, 0.2) is 22.4 Å². The van der Waals surface area contributed by atoms with E-state index in [4.69, 9.17) is 11.6 Å². The number of likely N-dealkylation sites (tertiary alicyclic amines) is 1. The lowest BCUT2D eigenvalue weighted by Gasteiger charge is -2.24. The summed E-state index contributed by atoms with van der Waals surface area (Å²) in [7, 11) is -3.67. The van der Waals surface area contributed by atoms with Crippen LogP contribution >= 0.6 is 22.9 Å². The molecule has 0 bridgehead atoms. The maximum absolute atomic E-state index is 12.7. The SMILES string of the molecule is Cc1c(S(=O)(=O)NC[C@H](O)CN2CC(C)CC2C)sc2ccc(Cl)cc12. The van der Waals surface area contributed by atoms with Crippen LogP contribution in [0.5, 0.6) is 0 Å². The van der Waals surface area contributed by atoms with Crippen molar-refractivity contribution in [3.8, 4) is 0 Å². The molecule has 0 saturated carbocycles. The predicted octanol–water partition coefficient (Wildman–Crippen LogP) is 3.23. The van der Waals surface area contributed by atoms with E-state index in [0.717, 1.165) is 23.1 Å². The number of thiophene rings is 1. The highest BCUT2D eigenvalue weighted by molar-refractivity contribution is 7.91. The number of β-amino-alcohol motifs (C(OH)–C–C–N with tert-alkyl or cyclic N) is 1. The van der Waals surface area contributed by atoms with E-state index >= 15 is 0 Å². The summed E-state index contributed by atoms with van der Waals surface area (Å²) in [6.45, 7) is 7.56. The summed E-state index contributed by atoms with van der Waals surface area (Å²) < 4.78 is 29.1. The van der Waals surface area contributed by atoms with Gasteiger partial charge in [-0.05, 0) is 55.3 Å². The van der Waals surface area contributed by atoms with Crippen LogP contribution in [-0.4, -0.2) is 50.2 Å². The molecule has 2 N–H and O–H groups in total. The smallest absolute Gasteiger partial charge is 0.250 e. The molecule has 0 amide bonds. The van der Waals surface area contributed by atoms with Gasteiger partial charge in [-0.25, -0.2) is 13.1 Å². The molecule has 1 aromatic heterocycles. The fourth-order valence-corrected chi connectivity index (χ4v) is 6.71. The second kappa shape index (κ2) is 7.73. The van der Waals surface area contributed by atoms with Crippen molar-refractivity contribution in [1.82, 2.24) is 9.62 Å². The standard InChI is InChI=1S/C18H25ClN2O3S2/c1-11-6-12(2)21(9-11)10-15(22)8-20-26(23,24)18-13(3)16-7-14(19)4-5-17(16)25-18/h4-5,7,11-12,15,20,22H,6,8-10H2,1-3H3/t11?,12?,15-/m0/s1. The van der Waals surface area contributed by atoms with Crippen LogP contribution in [0.25, 0.3) is 10.1 Å². The summed E-state index contributed by atoms with van der Waals surface area (Å²) in [5, 5.41) is 11.7. The summed E-state index contributed by atoms with van der Waals surface area (Å²) in [6.07, 6.45) is 0.379. The Bertz CT molecular complexity index is 897. The molecule has 2 heterocycles. The summed E-state index contributed by atoms with van der Waals surface area (Å²) in [5.41, 5.74) is 0.691. The van der Waals surface area contributed by atoms with Crippen LogP contribution in [0.3, 0.4) is 0 Å². The van der Waals surface area contributed by atoms with Gasteiger partial charge in [-0.1, -0.05) is 18.5 Å². The molecule has 1 aliphatic rings. The highest BCUT2D eigenvalue weighted by Gasteiger charge is 2.28. The van der Waals surface area contributed by atoms with Gasteiger partial charge in [0.05, 0.1) is 6.10 Å². The van der Waals surface area contributed by atoms with Crippen molar-refractivity contribution in [3.05, 3.63) is 28.8 Å². The van der Waals surface area contributed by atoms with Crippen LogP contribution in [0.1, 0.15) is 25.8 Å². The van der Waals surface area contributed by atoms with Crippen LogP contribution < -0.4 is 4.72 Å². The fourth-order valence-electron chi connectivity index (χ4n) is 3.67. The predicted molar refractivity (Wildman–Crippen MR) is 108 cm³/mol. The largest absolute Gasteiger partial charge is 0.390 e. The van der Waals surface area contributed by atoms with Gasteiger partial charge in [0.25, 0.3) is 0 Å². The van der Waals surface area contributed by atoms with Crippen LogP contribution in [0, 0.1) is 12.8 Å². The Morgan fingerprint density at radius 1 is 1.42 bits per heavy atom. The first kappa shape index (κ1) is 20.0. The molecular weight excluding hydrogens is 392 g/mol. The van der Waals surface area contributed by atoms with Crippen LogP contribution in [0.2, 0.25) is 5.02 Å². The summed E-state index contributed by atoms with van der Waals surface area (Å²) in [5.74, 6) is 0.613. The van der Waals surface area contributed by atoms with E-state index < -0.39 is 16.1 Å². The van der Waals surface area contributed by atoms with Gasteiger partial charge in [0.15, 0.2) is 0 Å². The van der Waals surface area contributed by atoms with Gasteiger partial charge in [-0.3, -0.25) is 4.90 Å². The number of halogens is 1. The molecule has 8 heteroatoms. The van der Waals surface area contributed by atoms with E-state index in [0.29, 0.717) is 29.1 Å². The first-order valence-electron chi connectivity index (χ1n) is 8.78. The Labute approximate surface area is 164 Å². The van der Waals surface area contributed by atoms with Gasteiger partial charge in [-0.15, -0.1) is 11.3 Å². The van der Waals surface area contributed by atoms with E-state index in [1.165, 1.54) is 11.3 Å². The molecule has 144 valence electrons. The van der Waals surface area contributed by atoms with Gasteiger partial charge < -0.3 is 5.11 Å². The van der Waals surface area contributed by atoms with E-state index in [1.54, 1.807) is 19.1 Å². The first-order valence-corrected chi connectivity index (χ1v) is 11.5. The van der Waals surface area contributed by atoms with E-state index in [9.17, 15) is 13.5 Å². The number of aliphatic hydroxyl groups is 1. The van der Waals surface area contributed by atoms with Crippen molar-refractivity contribution < 1.29 is 13.5 Å². The van der Waals surface area contributed by atoms with Gasteiger partial charge in [0.1, 0.15) is 4.21 Å². The minimum absolute atomic E-state index is 0.00831. The molecule has 5 nitrogen and oxygen atoms in total. The monoisotopic (exact) mass is 416 g/mol. The van der Waals surface area contributed by atoms with Gasteiger partial charge in [0, 0.05) is 35.4 Å². The lowest BCUT2D eigenvalue weighted by atomic mass is 10.1. The molecule has 3 atom stereocenters. The third-order valence-corrected chi connectivity index (χ3v) is 8.52. The van der Waals surface area contributed by atoms with E-state index in [2.05, 4.69) is 23.5 Å². The van der Waals surface area contributed by atoms with E-state index in [-0.39, 0.29) is 10.8 Å². The summed E-state index contributed by atoms with van der Waals surface area (Å²) in [4.78, 5) is 2.22. The maximum atomic E-state index is 12.7. The number of aliphatic hydroxyl groups excluding tert-OH is 1. The second-order valence-corrected chi connectivity index (χ2v) is 10.8. The van der Waals surface area contributed by atoms with Crippen LogP contribution in [0.4, 0.5) is 0 Å². The molecular formula is C18H25ClN2O3S2. The van der Waals surface area contributed by atoms with Gasteiger partial charge in [0.2, 0.25) is 10.0 Å². The van der Waals surface area contributed by atoms with Crippen molar-refractivity contribution in [2.75, 3.05) is 19.6 Å². The number of aryl methyl sites for hydroxylation is 1. The number of nitrogens with zero attached hydrogens (tertiary/aromatic N) is 1. The van der Waals surface area contributed by atoms with Crippen molar-refractivity contribution in [2.45, 2.75) is 43.5 Å². The minimum atomic E-state index is -3.67. The number of hydrogen-bond donors (Lipinski definition) is 2. The highest BCUT2D eigenvalue weighted by Crippen LogP contribution is 2.35. The fraction of sp³-hybridized carbons (Fsp3) is 0.556. The second-order valence-electron chi connectivity index (χ2n) is 7.30. The molecule has 1 saturated heterocycles. The Balaban J connectivity index is 1.68. The number of rotatable bonds is 6. The molecule has 1 aromatic carbocycles. The third-order valence-electron chi connectivity index (χ3n) is 4.97. The van der Waals surface area contributed by atoms with Crippen molar-refractivity contribution in [2.24, 2.45) is 5.92 Å². The molecule has 0 spiro atoms. The number of benzene rings is 1. The Hall–Kier alpha value is -0.700. The number of hydrogen-bond acceptors (Lipinski definition) is 5. The summed E-state index contributed by atoms with van der Waals surface area (Å²) >= 11 is 7.25. The lowest BCUT2D eigenvalue weighted by molar-refractivity contribution is 0.111. The maximum Gasteiger partial charge on any atom is 0.250 e. The molecule has 0 radical (unpaired) electrons. The molecule has 26 heavy (non-hydrogen) atoms. The summed E-state index contributed by atoms with van der Waals surface area (Å²) in [6, 6.07) is 5.79. The number of sulfonamides is 1. The topological polar surface area (TPSA) is 69.6 Å².